The summed E-state index contributed by atoms with van der Waals surface area (Å²) < 4.78 is 18.9. The average Bonchev–Trinajstić information content (AvgIpc) is 3.46. The number of carbonyl (C=O) groups excluding carboxylic acids is 1. The van der Waals surface area contributed by atoms with E-state index in [1.807, 2.05) is 36.4 Å². The fourth-order valence-corrected chi connectivity index (χ4v) is 3.06. The van der Waals surface area contributed by atoms with E-state index in [4.69, 9.17) is 4.42 Å². The maximum Gasteiger partial charge on any atom is 0.227 e. The van der Waals surface area contributed by atoms with Gasteiger partial charge in [-0.15, -0.1) is 0 Å². The maximum atomic E-state index is 13.0. The van der Waals surface area contributed by atoms with Gasteiger partial charge in [0, 0.05) is 23.2 Å². The number of halogens is 1. The minimum absolute atomic E-state index is 0.119. The Morgan fingerprint density at radius 2 is 1.79 bits per heavy atom. The molecular formula is C23H23FN2O2. The van der Waals surface area contributed by atoms with Crippen LogP contribution in [-0.2, 0) is 11.3 Å². The minimum atomic E-state index is -0.260. The number of hydrogen-bond acceptors (Lipinski definition) is 3. The monoisotopic (exact) mass is 378 g/mol. The molecular weight excluding hydrogens is 355 g/mol. The molecule has 2 N–H and O–H groups in total. The van der Waals surface area contributed by atoms with Gasteiger partial charge in [0.05, 0.1) is 6.54 Å². The standard InChI is InChI=1S/C23H23FN2O2/c1-15(16-6-10-20(11-7-16)26-23(27)18-2-3-18)25-14-21-12-13-22(28-21)17-4-8-19(24)9-5-17/h4-13,15,18,25H,2-3,14H2,1H3,(H,26,27). The number of nitrogens with one attached hydrogen (secondary N) is 2. The van der Waals surface area contributed by atoms with Crippen LogP contribution in [0.2, 0.25) is 0 Å². The summed E-state index contributed by atoms with van der Waals surface area (Å²) >= 11 is 0. The quantitative estimate of drug-likeness (QED) is 0.588. The molecule has 0 bridgehead atoms. The van der Waals surface area contributed by atoms with Gasteiger partial charge >= 0.3 is 0 Å². The second-order valence-electron chi connectivity index (χ2n) is 7.26. The largest absolute Gasteiger partial charge is 0.460 e. The highest BCUT2D eigenvalue weighted by Gasteiger charge is 2.29. The molecule has 1 atom stereocenters. The highest BCUT2D eigenvalue weighted by molar-refractivity contribution is 5.94. The molecule has 0 aliphatic heterocycles. The second-order valence-corrected chi connectivity index (χ2v) is 7.26. The van der Waals surface area contributed by atoms with Gasteiger partial charge in [0.1, 0.15) is 17.3 Å². The minimum Gasteiger partial charge on any atom is -0.460 e. The molecule has 4 rings (SSSR count). The summed E-state index contributed by atoms with van der Waals surface area (Å²) in [5.41, 5.74) is 2.82. The number of carbonyl (C=O) groups is 1. The molecule has 1 unspecified atom stereocenters. The van der Waals surface area contributed by atoms with E-state index < -0.39 is 0 Å². The first kappa shape index (κ1) is 18.4. The zero-order valence-electron chi connectivity index (χ0n) is 15.7. The number of hydrogen-bond donors (Lipinski definition) is 2. The van der Waals surface area contributed by atoms with Gasteiger partial charge in [-0.3, -0.25) is 4.79 Å². The molecule has 2 aromatic carbocycles. The molecule has 1 heterocycles. The van der Waals surface area contributed by atoms with Crippen LogP contribution in [0.5, 0.6) is 0 Å². The van der Waals surface area contributed by atoms with Gasteiger partial charge in [-0.1, -0.05) is 12.1 Å². The van der Waals surface area contributed by atoms with Crippen molar-refractivity contribution in [3.63, 3.8) is 0 Å². The van der Waals surface area contributed by atoms with E-state index in [0.717, 1.165) is 41.2 Å². The number of rotatable bonds is 7. The summed E-state index contributed by atoms with van der Waals surface area (Å²) in [4.78, 5) is 11.8. The maximum absolute atomic E-state index is 13.0. The third-order valence-electron chi connectivity index (χ3n) is 5.00. The SMILES string of the molecule is CC(NCc1ccc(-c2ccc(F)cc2)o1)c1ccc(NC(=O)C2CC2)cc1. The zero-order valence-corrected chi connectivity index (χ0v) is 15.7. The Morgan fingerprint density at radius 3 is 2.46 bits per heavy atom. The lowest BCUT2D eigenvalue weighted by Gasteiger charge is -2.14. The van der Waals surface area contributed by atoms with Crippen molar-refractivity contribution in [1.29, 1.82) is 0 Å². The molecule has 1 saturated carbocycles. The summed E-state index contributed by atoms with van der Waals surface area (Å²) in [5, 5.41) is 6.39. The number of anilines is 1. The van der Waals surface area contributed by atoms with Crippen molar-refractivity contribution in [3.8, 4) is 11.3 Å². The molecule has 1 aliphatic rings. The van der Waals surface area contributed by atoms with E-state index in [2.05, 4.69) is 17.6 Å². The molecule has 1 aliphatic carbocycles. The van der Waals surface area contributed by atoms with Gasteiger partial charge in [0.15, 0.2) is 0 Å². The van der Waals surface area contributed by atoms with Crippen LogP contribution >= 0.6 is 0 Å². The first-order valence-electron chi connectivity index (χ1n) is 9.57. The molecule has 144 valence electrons. The first-order chi connectivity index (χ1) is 13.6. The Kier molecular flexibility index (Phi) is 5.26. The van der Waals surface area contributed by atoms with E-state index >= 15 is 0 Å². The lowest BCUT2D eigenvalue weighted by molar-refractivity contribution is -0.117. The molecule has 5 heteroatoms. The smallest absolute Gasteiger partial charge is 0.227 e. The van der Waals surface area contributed by atoms with Gasteiger partial charge in [0.25, 0.3) is 0 Å². The van der Waals surface area contributed by atoms with Crippen molar-refractivity contribution >= 4 is 11.6 Å². The summed E-state index contributed by atoms with van der Waals surface area (Å²) in [6, 6.07) is 18.1. The third kappa shape index (κ3) is 4.49. The molecule has 1 fully saturated rings. The summed E-state index contributed by atoms with van der Waals surface area (Å²) in [6.07, 6.45) is 2.00. The average molecular weight is 378 g/mol. The van der Waals surface area contributed by atoms with Crippen LogP contribution < -0.4 is 10.6 Å². The Labute approximate surface area is 163 Å². The van der Waals surface area contributed by atoms with Crippen molar-refractivity contribution in [3.05, 3.63) is 77.8 Å². The van der Waals surface area contributed by atoms with Gasteiger partial charge in [0.2, 0.25) is 5.91 Å². The Morgan fingerprint density at radius 1 is 1.07 bits per heavy atom. The molecule has 0 spiro atoms. The molecule has 0 radical (unpaired) electrons. The third-order valence-corrected chi connectivity index (χ3v) is 5.00. The fraction of sp³-hybridized carbons (Fsp3) is 0.261. The lowest BCUT2D eigenvalue weighted by Crippen LogP contribution is -2.18. The highest BCUT2D eigenvalue weighted by atomic mass is 19.1. The van der Waals surface area contributed by atoms with E-state index in [1.54, 1.807) is 12.1 Å². The summed E-state index contributed by atoms with van der Waals surface area (Å²) in [7, 11) is 0. The van der Waals surface area contributed by atoms with Gasteiger partial charge in [-0.25, -0.2) is 4.39 Å². The number of furan rings is 1. The molecule has 0 saturated heterocycles. The molecule has 3 aromatic rings. The van der Waals surface area contributed by atoms with Crippen molar-refractivity contribution in [2.75, 3.05) is 5.32 Å². The molecule has 28 heavy (non-hydrogen) atoms. The van der Waals surface area contributed by atoms with Crippen LogP contribution in [0.15, 0.2) is 65.1 Å². The van der Waals surface area contributed by atoms with E-state index in [-0.39, 0.29) is 23.7 Å². The van der Waals surface area contributed by atoms with Gasteiger partial charge < -0.3 is 15.1 Å². The van der Waals surface area contributed by atoms with Crippen molar-refractivity contribution < 1.29 is 13.6 Å². The van der Waals surface area contributed by atoms with E-state index in [0.29, 0.717) is 6.54 Å². The first-order valence-corrected chi connectivity index (χ1v) is 9.57. The molecule has 1 amide bonds. The topological polar surface area (TPSA) is 54.3 Å². The summed E-state index contributed by atoms with van der Waals surface area (Å²) in [6.45, 7) is 2.67. The molecule has 1 aromatic heterocycles. The van der Waals surface area contributed by atoms with Crippen LogP contribution in [0.3, 0.4) is 0 Å². The van der Waals surface area contributed by atoms with Crippen molar-refractivity contribution in [2.24, 2.45) is 5.92 Å². The summed E-state index contributed by atoms with van der Waals surface area (Å²) in [5.74, 6) is 1.60. The second kappa shape index (κ2) is 7.98. The molecule has 4 nitrogen and oxygen atoms in total. The highest BCUT2D eigenvalue weighted by Crippen LogP contribution is 2.30. The van der Waals surface area contributed by atoms with E-state index in [1.165, 1.54) is 12.1 Å². The van der Waals surface area contributed by atoms with Crippen molar-refractivity contribution in [1.82, 2.24) is 5.32 Å². The van der Waals surface area contributed by atoms with Gasteiger partial charge in [-0.2, -0.15) is 0 Å². The van der Waals surface area contributed by atoms with Crippen LogP contribution in [0.25, 0.3) is 11.3 Å². The Hall–Kier alpha value is -2.92. The number of benzene rings is 2. The predicted molar refractivity (Wildman–Crippen MR) is 107 cm³/mol. The Balaban J connectivity index is 1.32. The van der Waals surface area contributed by atoms with Crippen LogP contribution in [0, 0.1) is 11.7 Å². The fourth-order valence-electron chi connectivity index (χ4n) is 3.06. The van der Waals surface area contributed by atoms with E-state index in [9.17, 15) is 9.18 Å². The normalized spacial score (nSPS) is 14.6. The number of amides is 1. The predicted octanol–water partition coefficient (Wildman–Crippen LogP) is 5.29. The van der Waals surface area contributed by atoms with Crippen molar-refractivity contribution in [2.45, 2.75) is 32.4 Å². The van der Waals surface area contributed by atoms with Crippen LogP contribution in [0.4, 0.5) is 10.1 Å². The Bertz CT molecular complexity index is 943. The zero-order chi connectivity index (χ0) is 19.5. The van der Waals surface area contributed by atoms with Gasteiger partial charge in [-0.05, 0) is 73.9 Å². The van der Waals surface area contributed by atoms with Crippen LogP contribution in [0.1, 0.15) is 37.1 Å². The lowest BCUT2D eigenvalue weighted by atomic mass is 10.1. The van der Waals surface area contributed by atoms with Crippen LogP contribution in [-0.4, -0.2) is 5.91 Å².